The molecule has 0 saturated heterocycles. The number of rotatable bonds is 2. The third-order valence-corrected chi connectivity index (χ3v) is 2.94. The number of sulfonamides is 1. The molecule has 15 heavy (non-hydrogen) atoms. The Kier molecular flexibility index (Phi) is 3.12. The van der Waals surface area contributed by atoms with E-state index in [1.807, 2.05) is 0 Å². The zero-order chi connectivity index (χ0) is 11.8. The molecular formula is C6H6ClF2N3O2S. The van der Waals surface area contributed by atoms with Crippen LogP contribution in [0.3, 0.4) is 0 Å². The van der Waals surface area contributed by atoms with Crippen LogP contribution < -0.4 is 10.9 Å². The van der Waals surface area contributed by atoms with E-state index in [0.29, 0.717) is 6.07 Å². The second-order valence-corrected chi connectivity index (χ2v) is 4.50. The van der Waals surface area contributed by atoms with Gasteiger partial charge >= 0.3 is 0 Å². The van der Waals surface area contributed by atoms with Crippen molar-refractivity contribution in [3.8, 4) is 0 Å². The van der Waals surface area contributed by atoms with Crippen LogP contribution in [0.25, 0.3) is 0 Å². The lowest BCUT2D eigenvalue weighted by atomic mass is 10.3. The number of aromatic nitrogens is 1. The Morgan fingerprint density at radius 1 is 1.47 bits per heavy atom. The fraction of sp³-hybridized carbons (Fsp3) is 0.167. The van der Waals surface area contributed by atoms with Gasteiger partial charge in [0, 0.05) is 0 Å². The van der Waals surface area contributed by atoms with Gasteiger partial charge in [-0.25, -0.2) is 27.3 Å². The normalized spacial score (nSPS) is 12.1. The first-order valence-corrected chi connectivity index (χ1v) is 5.42. The second-order valence-electron chi connectivity index (χ2n) is 2.59. The van der Waals surface area contributed by atoms with Gasteiger partial charge in [-0.15, -0.1) is 0 Å². The number of halogens is 3. The van der Waals surface area contributed by atoms with Gasteiger partial charge in [0.2, 0.25) is 10.0 Å². The highest BCUT2D eigenvalue weighted by molar-refractivity contribution is 7.89. The maximum atomic E-state index is 12.3. The third-order valence-electron chi connectivity index (χ3n) is 1.50. The van der Waals surface area contributed by atoms with E-state index in [2.05, 4.69) is 4.98 Å². The number of anilines is 1. The summed E-state index contributed by atoms with van der Waals surface area (Å²) in [6, 6.07) is 0.596. The molecule has 0 spiro atoms. The summed E-state index contributed by atoms with van der Waals surface area (Å²) in [5.41, 5.74) is 4.37. The molecule has 0 atom stereocenters. The van der Waals surface area contributed by atoms with E-state index in [9.17, 15) is 17.2 Å². The van der Waals surface area contributed by atoms with Gasteiger partial charge in [0.1, 0.15) is 21.4 Å². The van der Waals surface area contributed by atoms with E-state index in [1.165, 1.54) is 0 Å². The van der Waals surface area contributed by atoms with Crippen molar-refractivity contribution in [2.45, 2.75) is 11.3 Å². The molecule has 1 rings (SSSR count). The number of nitrogens with zero attached hydrogens (tertiary/aromatic N) is 1. The largest absolute Gasteiger partial charge is 0.382 e. The van der Waals surface area contributed by atoms with E-state index in [0.717, 1.165) is 0 Å². The molecule has 4 N–H and O–H groups in total. The molecule has 0 bridgehead atoms. The van der Waals surface area contributed by atoms with Crippen molar-refractivity contribution in [1.82, 2.24) is 4.98 Å². The summed E-state index contributed by atoms with van der Waals surface area (Å²) in [5.74, 6) is -0.501. The van der Waals surface area contributed by atoms with Crippen LogP contribution in [0.1, 0.15) is 12.1 Å². The van der Waals surface area contributed by atoms with Crippen LogP contribution in [0, 0.1) is 0 Å². The predicted octanol–water partition coefficient (Wildman–Crippen LogP) is 0.902. The predicted molar refractivity (Wildman–Crippen MR) is 50.0 cm³/mol. The van der Waals surface area contributed by atoms with Gasteiger partial charge in [-0.3, -0.25) is 0 Å². The molecule has 1 heterocycles. The van der Waals surface area contributed by atoms with Gasteiger partial charge in [0.15, 0.2) is 0 Å². The van der Waals surface area contributed by atoms with Crippen LogP contribution >= 0.6 is 11.6 Å². The van der Waals surface area contributed by atoms with E-state index in [1.54, 1.807) is 0 Å². The number of hydrogen-bond acceptors (Lipinski definition) is 4. The lowest BCUT2D eigenvalue weighted by Crippen LogP contribution is -2.15. The van der Waals surface area contributed by atoms with Crippen molar-refractivity contribution < 1.29 is 17.2 Å². The van der Waals surface area contributed by atoms with Crippen LogP contribution in [-0.4, -0.2) is 13.4 Å². The molecule has 1 aromatic rings. The highest BCUT2D eigenvalue weighted by atomic mass is 35.5. The lowest BCUT2D eigenvalue weighted by molar-refractivity contribution is 0.146. The molecule has 0 unspecified atom stereocenters. The Labute approximate surface area is 89.1 Å². The quantitative estimate of drug-likeness (QED) is 0.822. The summed E-state index contributed by atoms with van der Waals surface area (Å²) in [6.07, 6.45) is -2.95. The Morgan fingerprint density at radius 2 is 2.00 bits per heavy atom. The number of nitrogen functional groups attached to an aromatic ring is 1. The van der Waals surface area contributed by atoms with Crippen molar-refractivity contribution in [2.75, 3.05) is 5.73 Å². The molecule has 0 aromatic carbocycles. The van der Waals surface area contributed by atoms with Crippen molar-refractivity contribution >= 4 is 27.4 Å². The minimum absolute atomic E-state index is 0.457. The average molecular weight is 258 g/mol. The summed E-state index contributed by atoms with van der Waals surface area (Å²) in [7, 11) is -4.20. The molecule has 0 aliphatic carbocycles. The molecule has 5 nitrogen and oxygen atoms in total. The fourth-order valence-corrected chi connectivity index (χ4v) is 1.92. The van der Waals surface area contributed by atoms with Crippen molar-refractivity contribution in [3.05, 3.63) is 16.8 Å². The number of primary sulfonamides is 1. The van der Waals surface area contributed by atoms with Crippen LogP contribution in [0.5, 0.6) is 0 Å². The Morgan fingerprint density at radius 3 is 2.40 bits per heavy atom. The van der Waals surface area contributed by atoms with E-state index >= 15 is 0 Å². The number of nitrogens with two attached hydrogens (primary N) is 2. The fourth-order valence-electron chi connectivity index (χ4n) is 0.863. The molecule has 0 saturated carbocycles. The smallest absolute Gasteiger partial charge is 0.280 e. The lowest BCUT2D eigenvalue weighted by Gasteiger charge is -2.07. The van der Waals surface area contributed by atoms with Gasteiger partial charge in [-0.05, 0) is 6.07 Å². The van der Waals surface area contributed by atoms with Gasteiger partial charge in [0.25, 0.3) is 6.43 Å². The standard InChI is InChI=1S/C6H6ClF2N3O2S/c7-4-3(15(11,13)14)1-2(5(8)9)12-6(4)10/h1,5H,(H2,10,12)(H2,11,13,14). The Bertz CT molecular complexity index is 491. The van der Waals surface area contributed by atoms with Gasteiger partial charge < -0.3 is 5.73 Å². The van der Waals surface area contributed by atoms with Crippen molar-refractivity contribution in [3.63, 3.8) is 0 Å². The zero-order valence-corrected chi connectivity index (χ0v) is 8.69. The average Bonchev–Trinajstić information content (AvgIpc) is 2.06. The Balaban J connectivity index is 3.52. The van der Waals surface area contributed by atoms with Crippen LogP contribution in [0.2, 0.25) is 5.02 Å². The topological polar surface area (TPSA) is 99.1 Å². The molecule has 0 fully saturated rings. The monoisotopic (exact) mass is 257 g/mol. The van der Waals surface area contributed by atoms with Crippen LogP contribution in [0.15, 0.2) is 11.0 Å². The molecular weight excluding hydrogens is 252 g/mol. The first-order valence-electron chi connectivity index (χ1n) is 3.50. The molecule has 1 aromatic heterocycles. The summed E-state index contributed by atoms with van der Waals surface area (Å²) in [4.78, 5) is 2.56. The molecule has 0 aliphatic heterocycles. The number of alkyl halides is 2. The highest BCUT2D eigenvalue weighted by Crippen LogP contribution is 2.29. The van der Waals surface area contributed by atoms with Gasteiger partial charge in [-0.2, -0.15) is 0 Å². The first kappa shape index (κ1) is 12.1. The number of hydrogen-bond donors (Lipinski definition) is 2. The van der Waals surface area contributed by atoms with Crippen LogP contribution in [-0.2, 0) is 10.0 Å². The van der Waals surface area contributed by atoms with Crippen molar-refractivity contribution in [1.29, 1.82) is 0 Å². The second kappa shape index (κ2) is 3.87. The number of pyridine rings is 1. The van der Waals surface area contributed by atoms with E-state index < -0.39 is 37.9 Å². The maximum absolute atomic E-state index is 12.3. The molecule has 0 aliphatic rings. The van der Waals surface area contributed by atoms with E-state index in [-0.39, 0.29) is 0 Å². The first-order chi connectivity index (χ1) is 6.73. The molecule has 0 radical (unpaired) electrons. The summed E-state index contributed by atoms with van der Waals surface area (Å²) < 4.78 is 46.4. The van der Waals surface area contributed by atoms with E-state index in [4.69, 9.17) is 22.5 Å². The maximum Gasteiger partial charge on any atom is 0.280 e. The summed E-state index contributed by atoms with van der Waals surface area (Å²) >= 11 is 5.46. The zero-order valence-electron chi connectivity index (χ0n) is 7.12. The molecule has 84 valence electrons. The molecule has 0 amide bonds. The molecule has 9 heteroatoms. The summed E-state index contributed by atoms with van der Waals surface area (Å²) in [6.45, 7) is 0. The van der Waals surface area contributed by atoms with Crippen LogP contribution in [0.4, 0.5) is 14.6 Å². The minimum atomic E-state index is -4.20. The third kappa shape index (κ3) is 2.52. The van der Waals surface area contributed by atoms with Gasteiger partial charge in [-0.1, -0.05) is 11.6 Å². The highest BCUT2D eigenvalue weighted by Gasteiger charge is 2.21. The SMILES string of the molecule is Nc1nc(C(F)F)cc(S(N)(=O)=O)c1Cl. The van der Waals surface area contributed by atoms with Crippen molar-refractivity contribution in [2.24, 2.45) is 5.14 Å². The Hall–Kier alpha value is -0.990. The minimum Gasteiger partial charge on any atom is -0.382 e. The van der Waals surface area contributed by atoms with Gasteiger partial charge in [0.05, 0.1) is 0 Å². The summed E-state index contributed by atoms with van der Waals surface area (Å²) in [5, 5.41) is 4.30.